The van der Waals surface area contributed by atoms with E-state index < -0.39 is 0 Å². The number of amides is 1. The van der Waals surface area contributed by atoms with Crippen LogP contribution in [0.5, 0.6) is 0 Å². The molecule has 1 amide bonds. The van der Waals surface area contributed by atoms with Crippen LogP contribution >= 0.6 is 11.8 Å². The number of thioether (sulfide) groups is 1. The van der Waals surface area contributed by atoms with E-state index in [9.17, 15) is 4.79 Å². The molecule has 122 valence electrons. The molecular formula is C17H22N4OS. The van der Waals surface area contributed by atoms with Crippen LogP contribution in [-0.4, -0.2) is 39.1 Å². The fourth-order valence-corrected chi connectivity index (χ4v) is 3.79. The van der Waals surface area contributed by atoms with Crippen molar-refractivity contribution in [1.82, 2.24) is 20.1 Å². The molecule has 1 fully saturated rings. The summed E-state index contributed by atoms with van der Waals surface area (Å²) >= 11 is 1.44. The normalized spacial score (nSPS) is 15.8. The number of carbonyl (C=O) groups is 1. The van der Waals surface area contributed by atoms with Gasteiger partial charge in [0.25, 0.3) is 0 Å². The maximum absolute atomic E-state index is 12.9. The van der Waals surface area contributed by atoms with Crippen LogP contribution in [0.4, 0.5) is 0 Å². The smallest absolute Gasteiger partial charge is 0.240 e. The standard InChI is InChI=1S/C17H22N4OS/c1-2-8-14-18-17(20-19-14)23-15(13-9-4-3-5-10-13)16(22)21-11-6-7-12-21/h3-5,9-10,15H,2,6-8,11-12H2,1H3,(H,18,19,20). The summed E-state index contributed by atoms with van der Waals surface area (Å²) in [6.45, 7) is 3.83. The van der Waals surface area contributed by atoms with Crippen molar-refractivity contribution in [1.29, 1.82) is 0 Å². The second-order valence-corrected chi connectivity index (χ2v) is 6.83. The van der Waals surface area contributed by atoms with Crippen LogP contribution in [0.15, 0.2) is 35.5 Å². The minimum Gasteiger partial charge on any atom is -0.341 e. The van der Waals surface area contributed by atoms with Gasteiger partial charge in [0.05, 0.1) is 0 Å². The fraction of sp³-hybridized carbons (Fsp3) is 0.471. The summed E-state index contributed by atoms with van der Waals surface area (Å²) < 4.78 is 0. The number of nitrogens with one attached hydrogen (secondary N) is 1. The molecule has 1 aliphatic rings. The molecule has 3 rings (SSSR count). The van der Waals surface area contributed by atoms with Gasteiger partial charge in [-0.1, -0.05) is 49.0 Å². The van der Waals surface area contributed by atoms with Crippen LogP contribution in [0.3, 0.4) is 0 Å². The van der Waals surface area contributed by atoms with Gasteiger partial charge in [0.2, 0.25) is 11.1 Å². The maximum atomic E-state index is 12.9. The van der Waals surface area contributed by atoms with E-state index in [2.05, 4.69) is 22.1 Å². The summed E-state index contributed by atoms with van der Waals surface area (Å²) in [5.41, 5.74) is 1.01. The highest BCUT2D eigenvalue weighted by atomic mass is 32.2. The molecule has 1 saturated heterocycles. The van der Waals surface area contributed by atoms with Crippen molar-refractivity contribution in [3.8, 4) is 0 Å². The summed E-state index contributed by atoms with van der Waals surface area (Å²) in [6.07, 6.45) is 4.09. The molecule has 1 aliphatic heterocycles. The van der Waals surface area contributed by atoms with E-state index in [-0.39, 0.29) is 11.2 Å². The van der Waals surface area contributed by atoms with Crippen molar-refractivity contribution in [2.24, 2.45) is 0 Å². The molecular weight excluding hydrogens is 308 g/mol. The Morgan fingerprint density at radius 1 is 1.30 bits per heavy atom. The summed E-state index contributed by atoms with van der Waals surface area (Å²) in [4.78, 5) is 19.4. The van der Waals surface area contributed by atoms with Crippen molar-refractivity contribution in [3.05, 3.63) is 41.7 Å². The van der Waals surface area contributed by atoms with Crippen molar-refractivity contribution >= 4 is 17.7 Å². The van der Waals surface area contributed by atoms with E-state index in [1.807, 2.05) is 35.2 Å². The summed E-state index contributed by atoms with van der Waals surface area (Å²) in [6, 6.07) is 9.93. The largest absolute Gasteiger partial charge is 0.341 e. The molecule has 1 atom stereocenters. The first-order valence-electron chi connectivity index (χ1n) is 8.19. The van der Waals surface area contributed by atoms with Gasteiger partial charge in [0, 0.05) is 19.5 Å². The fourth-order valence-electron chi connectivity index (χ4n) is 2.78. The van der Waals surface area contributed by atoms with E-state index in [4.69, 9.17) is 0 Å². The Morgan fingerprint density at radius 3 is 2.74 bits per heavy atom. The average molecular weight is 330 g/mol. The highest BCUT2D eigenvalue weighted by Gasteiger charge is 2.29. The molecule has 2 aromatic rings. The lowest BCUT2D eigenvalue weighted by Crippen LogP contribution is -2.31. The molecule has 1 aromatic heterocycles. The molecule has 1 N–H and O–H groups in total. The number of aromatic nitrogens is 3. The predicted molar refractivity (Wildman–Crippen MR) is 91.2 cm³/mol. The van der Waals surface area contributed by atoms with Gasteiger partial charge in [-0.05, 0) is 24.8 Å². The molecule has 0 saturated carbocycles. The second kappa shape index (κ2) is 7.64. The number of hydrogen-bond acceptors (Lipinski definition) is 4. The monoisotopic (exact) mass is 330 g/mol. The van der Waals surface area contributed by atoms with Gasteiger partial charge in [-0.15, -0.1) is 5.10 Å². The van der Waals surface area contributed by atoms with E-state index in [0.717, 1.165) is 50.2 Å². The third-order valence-electron chi connectivity index (χ3n) is 3.97. The first-order chi connectivity index (χ1) is 11.3. The van der Waals surface area contributed by atoms with Gasteiger partial charge in [-0.2, -0.15) is 0 Å². The van der Waals surface area contributed by atoms with Crippen LogP contribution in [0.25, 0.3) is 0 Å². The van der Waals surface area contributed by atoms with Gasteiger partial charge in [-0.3, -0.25) is 9.89 Å². The number of benzene rings is 1. The van der Waals surface area contributed by atoms with Crippen LogP contribution in [0.2, 0.25) is 0 Å². The molecule has 1 aromatic carbocycles. The molecule has 2 heterocycles. The van der Waals surface area contributed by atoms with Gasteiger partial charge >= 0.3 is 0 Å². The Labute approximate surface area is 140 Å². The predicted octanol–water partition coefficient (Wildman–Crippen LogP) is 3.21. The minimum atomic E-state index is -0.278. The minimum absolute atomic E-state index is 0.167. The molecule has 0 radical (unpaired) electrons. The lowest BCUT2D eigenvalue weighted by molar-refractivity contribution is -0.129. The zero-order valence-corrected chi connectivity index (χ0v) is 14.2. The lowest BCUT2D eigenvalue weighted by Gasteiger charge is -2.22. The molecule has 0 bridgehead atoms. The summed E-state index contributed by atoms with van der Waals surface area (Å²) in [7, 11) is 0. The van der Waals surface area contributed by atoms with Gasteiger partial charge < -0.3 is 4.90 Å². The van der Waals surface area contributed by atoms with Crippen LogP contribution in [-0.2, 0) is 11.2 Å². The first kappa shape index (κ1) is 16.1. The van der Waals surface area contributed by atoms with Crippen LogP contribution in [0, 0.1) is 0 Å². The Kier molecular flexibility index (Phi) is 5.33. The molecule has 5 nitrogen and oxygen atoms in total. The van der Waals surface area contributed by atoms with E-state index in [1.165, 1.54) is 11.8 Å². The zero-order valence-electron chi connectivity index (χ0n) is 13.4. The third kappa shape index (κ3) is 3.93. The maximum Gasteiger partial charge on any atom is 0.240 e. The van der Waals surface area contributed by atoms with Gasteiger partial charge in [-0.25, -0.2) is 4.98 Å². The van der Waals surface area contributed by atoms with E-state index in [1.54, 1.807) is 0 Å². The van der Waals surface area contributed by atoms with E-state index >= 15 is 0 Å². The third-order valence-corrected chi connectivity index (χ3v) is 5.07. The lowest BCUT2D eigenvalue weighted by atomic mass is 10.1. The van der Waals surface area contributed by atoms with Crippen molar-refractivity contribution in [3.63, 3.8) is 0 Å². The molecule has 23 heavy (non-hydrogen) atoms. The molecule has 1 unspecified atom stereocenters. The SMILES string of the molecule is CCCc1nc(SC(C(=O)N2CCCC2)c2ccccc2)n[nH]1. The number of carbonyl (C=O) groups excluding carboxylic acids is 1. The van der Waals surface area contributed by atoms with Crippen molar-refractivity contribution < 1.29 is 4.79 Å². The van der Waals surface area contributed by atoms with Gasteiger partial charge in [0.1, 0.15) is 11.1 Å². The number of hydrogen-bond donors (Lipinski definition) is 1. The van der Waals surface area contributed by atoms with Crippen LogP contribution < -0.4 is 0 Å². The number of likely N-dealkylation sites (tertiary alicyclic amines) is 1. The Balaban J connectivity index is 1.80. The van der Waals surface area contributed by atoms with E-state index in [0.29, 0.717) is 5.16 Å². The molecule has 0 spiro atoms. The average Bonchev–Trinajstić information content (AvgIpc) is 3.25. The highest BCUT2D eigenvalue weighted by molar-refractivity contribution is 8.00. The first-order valence-corrected chi connectivity index (χ1v) is 9.07. The number of aromatic amines is 1. The molecule has 6 heteroatoms. The summed E-state index contributed by atoms with van der Waals surface area (Å²) in [5, 5.41) is 7.60. The Morgan fingerprint density at radius 2 is 2.04 bits per heavy atom. The number of rotatable bonds is 6. The number of nitrogens with zero attached hydrogens (tertiary/aromatic N) is 3. The topological polar surface area (TPSA) is 61.9 Å². The van der Waals surface area contributed by atoms with Crippen molar-refractivity contribution in [2.45, 2.75) is 43.0 Å². The zero-order chi connectivity index (χ0) is 16.1. The van der Waals surface area contributed by atoms with Gasteiger partial charge in [0.15, 0.2) is 0 Å². The van der Waals surface area contributed by atoms with Crippen molar-refractivity contribution in [2.75, 3.05) is 13.1 Å². The quantitative estimate of drug-likeness (QED) is 0.826. The highest BCUT2D eigenvalue weighted by Crippen LogP contribution is 2.35. The second-order valence-electron chi connectivity index (χ2n) is 5.76. The summed E-state index contributed by atoms with van der Waals surface area (Å²) in [5.74, 6) is 1.05. The molecule has 0 aliphatic carbocycles. The number of H-pyrrole nitrogens is 1. The Bertz CT molecular complexity index is 637. The number of aryl methyl sites for hydroxylation is 1. The Hall–Kier alpha value is -1.82. The van der Waals surface area contributed by atoms with Crippen LogP contribution in [0.1, 0.15) is 42.8 Å².